The number of hydrogen-bond donors (Lipinski definition) is 2. The monoisotopic (exact) mass is 464 g/mol. The largest absolute Gasteiger partial charge is 0.467 e. The van der Waals surface area contributed by atoms with Gasteiger partial charge in [0.1, 0.15) is 11.5 Å². The van der Waals surface area contributed by atoms with Gasteiger partial charge >= 0.3 is 0 Å². The van der Waals surface area contributed by atoms with E-state index in [1.165, 1.54) is 0 Å². The molecule has 0 aliphatic heterocycles. The molecule has 0 fully saturated rings. The van der Waals surface area contributed by atoms with Crippen LogP contribution in [0.25, 0.3) is 0 Å². The van der Waals surface area contributed by atoms with Crippen LogP contribution >= 0.6 is 35.7 Å². The molecule has 0 aliphatic rings. The second kappa shape index (κ2) is 11.4. The highest BCUT2D eigenvalue weighted by atomic mass is 127. The molecule has 134 valence electrons. The Bertz CT molecular complexity index is 594. The Morgan fingerprint density at radius 3 is 2.79 bits per heavy atom. The average Bonchev–Trinajstić information content (AvgIpc) is 3.17. The fraction of sp³-hybridized carbons (Fsp3) is 0.500. The van der Waals surface area contributed by atoms with Crippen molar-refractivity contribution in [2.24, 2.45) is 4.99 Å². The molecule has 0 aliphatic carbocycles. The van der Waals surface area contributed by atoms with E-state index in [0.29, 0.717) is 13.1 Å². The van der Waals surface area contributed by atoms with Gasteiger partial charge < -0.3 is 19.6 Å². The zero-order chi connectivity index (χ0) is 16.5. The van der Waals surface area contributed by atoms with Crippen LogP contribution in [0.1, 0.15) is 29.2 Å². The number of rotatable bonds is 8. The van der Waals surface area contributed by atoms with Gasteiger partial charge in [0.15, 0.2) is 5.96 Å². The summed E-state index contributed by atoms with van der Waals surface area (Å²) >= 11 is 1.84. The second-order valence-corrected chi connectivity index (χ2v) is 6.16. The minimum Gasteiger partial charge on any atom is -0.467 e. The predicted molar refractivity (Wildman–Crippen MR) is 109 cm³/mol. The van der Waals surface area contributed by atoms with E-state index in [2.05, 4.69) is 27.0 Å². The molecule has 0 amide bonds. The Kier molecular flexibility index (Phi) is 9.92. The van der Waals surface area contributed by atoms with Gasteiger partial charge in [-0.25, -0.2) is 4.99 Å². The van der Waals surface area contributed by atoms with Crippen LogP contribution in [-0.2, 0) is 13.1 Å². The maximum Gasteiger partial charge on any atom is 0.191 e. The van der Waals surface area contributed by atoms with Crippen molar-refractivity contribution in [1.29, 1.82) is 0 Å². The van der Waals surface area contributed by atoms with Crippen molar-refractivity contribution in [2.75, 3.05) is 18.6 Å². The third-order valence-electron chi connectivity index (χ3n) is 3.40. The number of guanidine groups is 1. The van der Waals surface area contributed by atoms with E-state index >= 15 is 0 Å². The smallest absolute Gasteiger partial charge is 0.191 e. The molecule has 0 spiro atoms. The Hall–Kier alpha value is -1.16. The topological polar surface area (TPSA) is 75.6 Å². The summed E-state index contributed by atoms with van der Waals surface area (Å²) in [5, 5.41) is 10.6. The van der Waals surface area contributed by atoms with Crippen LogP contribution in [-0.4, -0.2) is 29.7 Å². The molecule has 2 heterocycles. The Balaban J connectivity index is 0.00000288. The van der Waals surface area contributed by atoms with Crippen LogP contribution in [0.4, 0.5) is 0 Å². The number of furan rings is 1. The zero-order valence-corrected chi connectivity index (χ0v) is 17.4. The van der Waals surface area contributed by atoms with Crippen LogP contribution in [0.3, 0.4) is 0 Å². The number of hydrogen-bond acceptors (Lipinski definition) is 5. The summed E-state index contributed by atoms with van der Waals surface area (Å²) in [6, 6.07) is 3.82. The molecule has 0 saturated heterocycles. The van der Waals surface area contributed by atoms with Crippen molar-refractivity contribution in [3.63, 3.8) is 0 Å². The Labute approximate surface area is 164 Å². The maximum atomic E-state index is 5.34. The third kappa shape index (κ3) is 6.76. The Morgan fingerprint density at radius 2 is 2.17 bits per heavy atom. The van der Waals surface area contributed by atoms with Crippen LogP contribution in [0.15, 0.2) is 32.3 Å². The van der Waals surface area contributed by atoms with Gasteiger partial charge in [0.05, 0.1) is 25.0 Å². The molecule has 0 bridgehead atoms. The standard InChI is InChI=1S/C16H24N4O2S.HI/c1-12-15(13(2)22-20-12)11-19-16(17-7-5-9-23-3)18-10-14-6-4-8-21-14;/h4,6,8H,5,7,9-11H2,1-3H3,(H2,17,18,19);1H. The van der Waals surface area contributed by atoms with Gasteiger partial charge in [-0.2, -0.15) is 11.8 Å². The van der Waals surface area contributed by atoms with Crippen molar-refractivity contribution < 1.29 is 8.94 Å². The van der Waals surface area contributed by atoms with Crippen LogP contribution in [0.5, 0.6) is 0 Å². The summed E-state index contributed by atoms with van der Waals surface area (Å²) in [6.07, 6.45) is 4.87. The molecule has 0 saturated carbocycles. The first-order valence-corrected chi connectivity index (χ1v) is 9.05. The van der Waals surface area contributed by atoms with Crippen molar-refractivity contribution >= 4 is 41.7 Å². The fourth-order valence-electron chi connectivity index (χ4n) is 2.07. The molecule has 24 heavy (non-hydrogen) atoms. The van der Waals surface area contributed by atoms with Crippen LogP contribution in [0, 0.1) is 13.8 Å². The summed E-state index contributed by atoms with van der Waals surface area (Å²) in [6.45, 7) is 5.86. The highest BCUT2D eigenvalue weighted by Crippen LogP contribution is 2.13. The first-order chi connectivity index (χ1) is 11.2. The highest BCUT2D eigenvalue weighted by Gasteiger charge is 2.09. The zero-order valence-electron chi connectivity index (χ0n) is 14.3. The van der Waals surface area contributed by atoms with Gasteiger partial charge in [0.25, 0.3) is 0 Å². The molecule has 0 unspecified atom stereocenters. The van der Waals surface area contributed by atoms with Crippen LogP contribution < -0.4 is 10.6 Å². The quantitative estimate of drug-likeness (QED) is 0.270. The normalized spacial score (nSPS) is 11.2. The summed E-state index contributed by atoms with van der Waals surface area (Å²) in [5.41, 5.74) is 1.92. The number of thioether (sulfide) groups is 1. The molecule has 2 aromatic rings. The first kappa shape index (κ1) is 20.9. The molecular weight excluding hydrogens is 439 g/mol. The number of nitrogens with one attached hydrogen (secondary N) is 2. The SMILES string of the molecule is CSCCCNC(=NCc1c(C)noc1C)NCc1ccco1.I. The summed E-state index contributed by atoms with van der Waals surface area (Å²) < 4.78 is 10.5. The lowest BCUT2D eigenvalue weighted by molar-refractivity contribution is 0.392. The molecule has 0 radical (unpaired) electrons. The molecule has 0 aromatic carbocycles. The van der Waals surface area contributed by atoms with E-state index in [1.807, 2.05) is 37.7 Å². The minimum atomic E-state index is 0. The number of halogens is 1. The van der Waals surface area contributed by atoms with E-state index in [1.54, 1.807) is 6.26 Å². The second-order valence-electron chi connectivity index (χ2n) is 5.17. The van der Waals surface area contributed by atoms with Crippen molar-refractivity contribution in [1.82, 2.24) is 15.8 Å². The van der Waals surface area contributed by atoms with Gasteiger partial charge in [0, 0.05) is 12.1 Å². The lowest BCUT2D eigenvalue weighted by atomic mass is 10.2. The van der Waals surface area contributed by atoms with E-state index in [-0.39, 0.29) is 24.0 Å². The molecule has 2 N–H and O–H groups in total. The maximum absolute atomic E-state index is 5.34. The highest BCUT2D eigenvalue weighted by molar-refractivity contribution is 14.0. The number of aryl methyl sites for hydroxylation is 2. The van der Waals surface area contributed by atoms with Gasteiger partial charge in [-0.05, 0) is 44.4 Å². The molecule has 2 rings (SSSR count). The molecular formula is C16H25IN4O2S. The van der Waals surface area contributed by atoms with Crippen LogP contribution in [0.2, 0.25) is 0 Å². The van der Waals surface area contributed by atoms with Gasteiger partial charge in [-0.1, -0.05) is 5.16 Å². The molecule has 2 aromatic heterocycles. The minimum absolute atomic E-state index is 0. The van der Waals surface area contributed by atoms with E-state index in [4.69, 9.17) is 8.94 Å². The summed E-state index contributed by atoms with van der Waals surface area (Å²) in [7, 11) is 0. The summed E-state index contributed by atoms with van der Waals surface area (Å²) in [4.78, 5) is 4.63. The van der Waals surface area contributed by atoms with Gasteiger partial charge in [0.2, 0.25) is 0 Å². The average molecular weight is 464 g/mol. The van der Waals surface area contributed by atoms with Gasteiger partial charge in [-0.15, -0.1) is 24.0 Å². The molecule has 8 heteroatoms. The van der Waals surface area contributed by atoms with E-state index in [9.17, 15) is 0 Å². The third-order valence-corrected chi connectivity index (χ3v) is 4.10. The first-order valence-electron chi connectivity index (χ1n) is 7.66. The van der Waals surface area contributed by atoms with E-state index < -0.39 is 0 Å². The predicted octanol–water partition coefficient (Wildman–Crippen LogP) is 3.49. The van der Waals surface area contributed by atoms with Crippen molar-refractivity contribution in [2.45, 2.75) is 33.4 Å². The number of nitrogens with zero attached hydrogens (tertiary/aromatic N) is 2. The lowest BCUT2D eigenvalue weighted by Gasteiger charge is -2.11. The lowest BCUT2D eigenvalue weighted by Crippen LogP contribution is -2.37. The number of aliphatic imine (C=N–C) groups is 1. The van der Waals surface area contributed by atoms with E-state index in [0.717, 1.165) is 47.5 Å². The number of aromatic nitrogens is 1. The summed E-state index contributed by atoms with van der Waals surface area (Å²) in [5.74, 6) is 3.59. The molecule has 6 nitrogen and oxygen atoms in total. The van der Waals surface area contributed by atoms with Gasteiger partial charge in [-0.3, -0.25) is 0 Å². The fourth-order valence-corrected chi connectivity index (χ4v) is 2.50. The van der Waals surface area contributed by atoms with Crippen molar-refractivity contribution in [3.8, 4) is 0 Å². The Morgan fingerprint density at radius 1 is 1.33 bits per heavy atom. The van der Waals surface area contributed by atoms with Crippen molar-refractivity contribution in [3.05, 3.63) is 41.2 Å². The molecule has 0 atom stereocenters.